The first kappa shape index (κ1) is 35.4. The van der Waals surface area contributed by atoms with Gasteiger partial charge in [0, 0.05) is 32.2 Å². The summed E-state index contributed by atoms with van der Waals surface area (Å²) >= 11 is 0. The van der Waals surface area contributed by atoms with Crippen LogP contribution in [0, 0.1) is 20.5 Å². The predicted octanol–water partition coefficient (Wildman–Crippen LogP) is 8.09. The van der Waals surface area contributed by atoms with Gasteiger partial charge in [-0.2, -0.15) is 25.2 Å². The molecule has 2 fully saturated rings. The second-order valence-corrected chi connectivity index (χ2v) is 15.8. The van der Waals surface area contributed by atoms with Crippen LogP contribution in [0.1, 0.15) is 103 Å². The number of carboxylic acids is 1. The van der Waals surface area contributed by atoms with E-state index in [-0.39, 0.29) is 25.6 Å². The number of hydrogen-bond acceptors (Lipinski definition) is 3. The number of hydrogen-bond donors (Lipinski definition) is 1. The smallest absolute Gasteiger partial charge is 0.506 e. The van der Waals surface area contributed by atoms with Gasteiger partial charge in [-0.15, -0.1) is 6.07 Å². The first-order valence-corrected chi connectivity index (χ1v) is 16.7. The van der Waals surface area contributed by atoms with Crippen LogP contribution in [0.2, 0.25) is 0 Å². The van der Waals surface area contributed by atoms with Crippen molar-refractivity contribution < 1.29 is 30.3 Å². The largest absolute Gasteiger partial charge is 2.00 e. The van der Waals surface area contributed by atoms with Crippen LogP contribution in [0.25, 0.3) is 0 Å². The maximum absolute atomic E-state index is 9.00. The molecule has 0 amide bonds. The second-order valence-electron chi connectivity index (χ2n) is 12.5. The Morgan fingerprint density at radius 3 is 1.66 bits per heavy atom. The zero-order valence-electron chi connectivity index (χ0n) is 25.8. The van der Waals surface area contributed by atoms with Crippen molar-refractivity contribution in [2.24, 2.45) is 0 Å². The van der Waals surface area contributed by atoms with E-state index < -0.39 is 13.9 Å². The molecule has 2 saturated carbocycles. The van der Waals surface area contributed by atoms with Gasteiger partial charge in [-0.3, -0.25) is 4.79 Å². The molecule has 1 unspecified atom stereocenters. The van der Waals surface area contributed by atoms with E-state index in [4.69, 9.17) is 9.90 Å². The van der Waals surface area contributed by atoms with Gasteiger partial charge in [0.05, 0.1) is 10.5 Å². The summed E-state index contributed by atoms with van der Waals surface area (Å²) in [5, 5.41) is 10.6. The third-order valence-corrected chi connectivity index (χ3v) is 11.7. The van der Waals surface area contributed by atoms with Crippen LogP contribution >= 0.6 is 7.92 Å². The number of aryl methyl sites for hydroxylation is 1. The fraction of sp³-hybridized carbons (Fsp3) is 0.514. The quantitative estimate of drug-likeness (QED) is 0.203. The first-order valence-electron chi connectivity index (χ1n) is 15.2. The molecule has 0 spiro atoms. The van der Waals surface area contributed by atoms with Gasteiger partial charge in [0.15, 0.2) is 0 Å². The van der Waals surface area contributed by atoms with Crippen LogP contribution in [-0.2, 0) is 25.2 Å². The molecule has 1 atom stereocenters. The van der Waals surface area contributed by atoms with E-state index in [1.54, 1.807) is 0 Å². The normalized spacial score (nSPS) is 18.4. The molecule has 41 heavy (non-hydrogen) atoms. The Kier molecular flexibility index (Phi) is 15.0. The standard InChI is InChI=1S/C18H22P.C15H25N2.C2H4O2.Pd/c1-14-10-6-8-12-16(14)19(18(3,4)5)17-13-9-7-11-15(17)2;1-3-7-14(8-4-1)16-11-12-17(13-16)15-9-5-2-6-10-15;1-2(3)4;/h6-13H,1H2,2-5H3;11-15H,1-10H2;1H3,(H,3,4);/q2*-1;;+2/p+1. The van der Waals surface area contributed by atoms with Gasteiger partial charge in [-0.1, -0.05) is 68.9 Å². The monoisotopic (exact) mass is 669 g/mol. The topological polar surface area (TPSA) is 43.8 Å². The average molecular weight is 670 g/mol. The number of rotatable bonds is 4. The molecular formula is C35H52N2O2PPd+. The molecule has 2 aliphatic carbocycles. The Morgan fingerprint density at radius 1 is 0.829 bits per heavy atom. The molecule has 228 valence electrons. The summed E-state index contributed by atoms with van der Waals surface area (Å²) in [5.41, 5.74) is 2.57. The second kappa shape index (κ2) is 17.4. The van der Waals surface area contributed by atoms with Gasteiger partial charge in [0.25, 0.3) is 5.97 Å². The molecular weight excluding hydrogens is 618 g/mol. The molecule has 0 aromatic heterocycles. The van der Waals surface area contributed by atoms with Crippen molar-refractivity contribution in [3.8, 4) is 0 Å². The van der Waals surface area contributed by atoms with Gasteiger partial charge in [0.2, 0.25) is 0 Å². The third-order valence-electron chi connectivity index (χ3n) is 8.12. The van der Waals surface area contributed by atoms with Crippen molar-refractivity contribution in [3.05, 3.63) is 85.7 Å². The zero-order valence-corrected chi connectivity index (χ0v) is 28.4. The minimum Gasteiger partial charge on any atom is -0.506 e. The molecule has 0 saturated heterocycles. The van der Waals surface area contributed by atoms with Crippen LogP contribution in [-0.4, -0.2) is 38.1 Å². The van der Waals surface area contributed by atoms with Crippen molar-refractivity contribution in [3.63, 3.8) is 0 Å². The summed E-state index contributed by atoms with van der Waals surface area (Å²) in [6.07, 6.45) is 18.8. The SMILES string of the molecule is C1=CN(C2CCCCC2)[CH-]N1C1CCCCC1.CC(=O)O.[CH2-]c1ccccc1[PH+](c1ccccc1C)C(C)(C)C.[Pd+2]. The van der Waals surface area contributed by atoms with Crippen LogP contribution in [0.4, 0.5) is 0 Å². The van der Waals surface area contributed by atoms with Gasteiger partial charge in [0.1, 0.15) is 0 Å². The average Bonchev–Trinajstić information content (AvgIpc) is 3.42. The zero-order chi connectivity index (χ0) is 29.1. The number of carboxylic acid groups (broad SMARTS) is 1. The summed E-state index contributed by atoms with van der Waals surface area (Å²) in [7, 11) is -0.838. The molecule has 1 N–H and O–H groups in total. The predicted molar refractivity (Wildman–Crippen MR) is 174 cm³/mol. The molecule has 4 nitrogen and oxygen atoms in total. The number of benzene rings is 2. The number of aliphatic carboxylic acids is 1. The van der Waals surface area contributed by atoms with Gasteiger partial charge in [-0.25, -0.2) is 0 Å². The summed E-state index contributed by atoms with van der Waals surface area (Å²) in [6, 6.07) is 19.0. The number of carbonyl (C=O) groups is 1. The summed E-state index contributed by atoms with van der Waals surface area (Å²) in [5.74, 6) is -0.833. The van der Waals surface area contributed by atoms with Crippen LogP contribution in [0.15, 0.2) is 60.9 Å². The molecule has 2 aromatic rings. The Morgan fingerprint density at radius 2 is 1.24 bits per heavy atom. The molecule has 5 rings (SSSR count). The first-order chi connectivity index (χ1) is 19.1. The van der Waals surface area contributed by atoms with Crippen molar-refractivity contribution in [2.75, 3.05) is 0 Å². The molecule has 1 aliphatic heterocycles. The molecule has 0 bridgehead atoms. The van der Waals surface area contributed by atoms with E-state index >= 15 is 0 Å². The summed E-state index contributed by atoms with van der Waals surface area (Å²) < 4.78 is 0. The van der Waals surface area contributed by atoms with Gasteiger partial charge >= 0.3 is 20.4 Å². The van der Waals surface area contributed by atoms with E-state index in [0.29, 0.717) is 0 Å². The molecule has 1 heterocycles. The van der Waals surface area contributed by atoms with E-state index in [9.17, 15) is 0 Å². The van der Waals surface area contributed by atoms with Crippen LogP contribution in [0.3, 0.4) is 0 Å². The maximum atomic E-state index is 9.00. The van der Waals surface area contributed by atoms with E-state index in [2.05, 4.69) is 112 Å². The summed E-state index contributed by atoms with van der Waals surface area (Å²) in [6.45, 7) is 17.0. The Balaban J connectivity index is 0.000000249. The minimum atomic E-state index is -0.838. The molecule has 2 aromatic carbocycles. The third kappa shape index (κ3) is 11.1. The van der Waals surface area contributed by atoms with Crippen LogP contribution in [0.5, 0.6) is 0 Å². The molecule has 0 radical (unpaired) electrons. The van der Waals surface area contributed by atoms with Crippen molar-refractivity contribution in [2.45, 2.75) is 116 Å². The van der Waals surface area contributed by atoms with E-state index in [0.717, 1.165) is 19.0 Å². The number of nitrogens with zero attached hydrogens (tertiary/aromatic N) is 2. The minimum absolute atomic E-state index is 0. The van der Waals surface area contributed by atoms with Crippen molar-refractivity contribution >= 4 is 24.5 Å². The van der Waals surface area contributed by atoms with Crippen molar-refractivity contribution in [1.29, 1.82) is 0 Å². The summed E-state index contributed by atoms with van der Waals surface area (Å²) in [4.78, 5) is 14.0. The Hall–Kier alpha value is -1.79. The van der Waals surface area contributed by atoms with Gasteiger partial charge in [-0.05, 0) is 77.4 Å². The maximum Gasteiger partial charge on any atom is 2.00 e. The fourth-order valence-corrected chi connectivity index (χ4v) is 9.46. The van der Waals surface area contributed by atoms with Crippen molar-refractivity contribution in [1.82, 2.24) is 9.80 Å². The van der Waals surface area contributed by atoms with Gasteiger partial charge < -0.3 is 14.9 Å². The van der Waals surface area contributed by atoms with Crippen LogP contribution < -0.4 is 10.6 Å². The van der Waals surface area contributed by atoms with E-state index in [1.807, 2.05) is 0 Å². The fourth-order valence-electron chi connectivity index (χ4n) is 6.15. The Bertz CT molecular complexity index is 1010. The Labute approximate surface area is 265 Å². The molecule has 6 heteroatoms. The molecule has 3 aliphatic rings. The van der Waals surface area contributed by atoms with E-state index in [1.165, 1.54) is 85.9 Å².